The second-order valence-corrected chi connectivity index (χ2v) is 4.63. The van der Waals surface area contributed by atoms with E-state index in [0.717, 1.165) is 24.8 Å². The molecular weight excluding hydrogens is 228 g/mol. The third-order valence-electron chi connectivity index (χ3n) is 3.45. The number of carbonyl (C=O) groups is 1. The van der Waals surface area contributed by atoms with Crippen LogP contribution in [0.5, 0.6) is 0 Å². The Kier molecular flexibility index (Phi) is 4.18. The van der Waals surface area contributed by atoms with Gasteiger partial charge < -0.3 is 9.64 Å². The number of carbonyl (C=O) groups excluding carboxylic acids is 1. The quantitative estimate of drug-likeness (QED) is 0.768. The van der Waals surface area contributed by atoms with E-state index in [1.54, 1.807) is 19.2 Å². The highest BCUT2D eigenvalue weighted by Crippen LogP contribution is 2.23. The number of anilines is 1. The van der Waals surface area contributed by atoms with E-state index in [2.05, 4.69) is 16.8 Å². The Labute approximate surface area is 108 Å². The molecule has 1 fully saturated rings. The number of aromatic nitrogens is 1. The third-order valence-corrected chi connectivity index (χ3v) is 3.45. The molecule has 1 aromatic rings. The van der Waals surface area contributed by atoms with E-state index >= 15 is 0 Å². The number of nitrogens with zero attached hydrogens (tertiary/aromatic N) is 2. The molecule has 0 saturated carbocycles. The highest BCUT2D eigenvalue weighted by molar-refractivity contribution is 5.89. The van der Waals surface area contributed by atoms with Gasteiger partial charge in [0.2, 0.25) is 0 Å². The van der Waals surface area contributed by atoms with Crippen molar-refractivity contribution in [3.8, 4) is 0 Å². The van der Waals surface area contributed by atoms with Crippen molar-refractivity contribution >= 4 is 11.8 Å². The van der Waals surface area contributed by atoms with Crippen molar-refractivity contribution in [1.29, 1.82) is 0 Å². The first kappa shape index (κ1) is 12.9. The van der Waals surface area contributed by atoms with Crippen LogP contribution in [0.25, 0.3) is 0 Å². The van der Waals surface area contributed by atoms with Gasteiger partial charge in [-0.05, 0) is 31.4 Å². The van der Waals surface area contributed by atoms with Gasteiger partial charge in [-0.1, -0.05) is 13.3 Å². The van der Waals surface area contributed by atoms with Gasteiger partial charge in [-0.25, -0.2) is 9.78 Å². The molecule has 0 aromatic carbocycles. The van der Waals surface area contributed by atoms with Crippen molar-refractivity contribution in [2.75, 3.05) is 24.6 Å². The van der Waals surface area contributed by atoms with Crippen molar-refractivity contribution in [1.82, 2.24) is 4.98 Å². The maximum atomic E-state index is 11.5. The number of hydrogen-bond acceptors (Lipinski definition) is 4. The molecule has 4 nitrogen and oxygen atoms in total. The summed E-state index contributed by atoms with van der Waals surface area (Å²) in [6.07, 6.45) is 4.06. The third kappa shape index (κ3) is 2.81. The molecule has 0 N–H and O–H groups in total. The van der Waals surface area contributed by atoms with E-state index < -0.39 is 0 Å². The lowest BCUT2D eigenvalue weighted by molar-refractivity contribution is 0.0526. The maximum absolute atomic E-state index is 11.5. The summed E-state index contributed by atoms with van der Waals surface area (Å²) in [6.45, 7) is 6.55. The maximum Gasteiger partial charge on any atom is 0.339 e. The fourth-order valence-corrected chi connectivity index (χ4v) is 2.28. The zero-order valence-corrected chi connectivity index (χ0v) is 11.1. The number of rotatable bonds is 4. The van der Waals surface area contributed by atoms with Crippen LogP contribution in [0.3, 0.4) is 0 Å². The minimum Gasteiger partial charge on any atom is -0.462 e. The van der Waals surface area contributed by atoms with Gasteiger partial charge >= 0.3 is 5.97 Å². The summed E-state index contributed by atoms with van der Waals surface area (Å²) in [5, 5.41) is 0. The van der Waals surface area contributed by atoms with Gasteiger partial charge in [0.25, 0.3) is 0 Å². The molecule has 18 heavy (non-hydrogen) atoms. The molecular formula is C14H20N2O2. The normalized spacial score (nSPS) is 19.0. The van der Waals surface area contributed by atoms with Gasteiger partial charge in [0.15, 0.2) is 0 Å². The van der Waals surface area contributed by atoms with Crippen molar-refractivity contribution in [3.05, 3.63) is 23.9 Å². The summed E-state index contributed by atoms with van der Waals surface area (Å²) in [5.74, 6) is 1.43. The van der Waals surface area contributed by atoms with Crippen LogP contribution in [0.15, 0.2) is 18.3 Å². The number of esters is 1. The Morgan fingerprint density at radius 1 is 1.50 bits per heavy atom. The Morgan fingerprint density at radius 3 is 2.89 bits per heavy atom. The number of pyridine rings is 1. The Morgan fingerprint density at radius 2 is 2.33 bits per heavy atom. The van der Waals surface area contributed by atoms with Crippen LogP contribution in [0.1, 0.15) is 37.0 Å². The minimum atomic E-state index is -0.301. The largest absolute Gasteiger partial charge is 0.462 e. The molecule has 0 spiro atoms. The van der Waals surface area contributed by atoms with Gasteiger partial charge in [0.05, 0.1) is 12.2 Å². The van der Waals surface area contributed by atoms with Crippen LogP contribution >= 0.6 is 0 Å². The van der Waals surface area contributed by atoms with E-state index in [1.165, 1.54) is 12.8 Å². The minimum absolute atomic E-state index is 0.301. The Balaban J connectivity index is 2.02. The van der Waals surface area contributed by atoms with Crippen molar-refractivity contribution in [3.63, 3.8) is 0 Å². The van der Waals surface area contributed by atoms with E-state index in [0.29, 0.717) is 12.2 Å². The molecule has 0 amide bonds. The molecule has 98 valence electrons. The van der Waals surface area contributed by atoms with Crippen LogP contribution in [0, 0.1) is 5.92 Å². The predicted octanol–water partition coefficient (Wildman–Crippen LogP) is 2.49. The molecule has 0 aliphatic carbocycles. The average Bonchev–Trinajstić information content (AvgIpc) is 2.88. The smallest absolute Gasteiger partial charge is 0.339 e. The summed E-state index contributed by atoms with van der Waals surface area (Å²) >= 11 is 0. The molecule has 1 saturated heterocycles. The highest BCUT2D eigenvalue weighted by Gasteiger charge is 2.22. The lowest BCUT2D eigenvalue weighted by Crippen LogP contribution is -2.20. The second-order valence-electron chi connectivity index (χ2n) is 4.63. The van der Waals surface area contributed by atoms with Crippen molar-refractivity contribution in [2.24, 2.45) is 5.92 Å². The summed E-state index contributed by atoms with van der Waals surface area (Å²) in [6, 6.07) is 3.70. The van der Waals surface area contributed by atoms with Crippen LogP contribution in [-0.4, -0.2) is 30.6 Å². The SMILES string of the molecule is CCOC(=O)c1ccc(N2CCC(CC)C2)nc1. The van der Waals surface area contributed by atoms with Crippen molar-refractivity contribution in [2.45, 2.75) is 26.7 Å². The lowest BCUT2D eigenvalue weighted by Gasteiger charge is -2.17. The molecule has 1 aromatic heterocycles. The molecule has 1 unspecified atom stereocenters. The van der Waals surface area contributed by atoms with Gasteiger partial charge in [-0.15, -0.1) is 0 Å². The van der Waals surface area contributed by atoms with Crippen LogP contribution in [0.4, 0.5) is 5.82 Å². The van der Waals surface area contributed by atoms with Crippen LogP contribution in [0.2, 0.25) is 0 Å². The molecule has 0 radical (unpaired) electrons. The predicted molar refractivity (Wildman–Crippen MR) is 70.8 cm³/mol. The summed E-state index contributed by atoms with van der Waals surface area (Å²) < 4.78 is 4.94. The van der Waals surface area contributed by atoms with Gasteiger partial charge in [-0.2, -0.15) is 0 Å². The van der Waals surface area contributed by atoms with Crippen LogP contribution < -0.4 is 4.90 Å². The fraction of sp³-hybridized carbons (Fsp3) is 0.571. The van der Waals surface area contributed by atoms with E-state index in [9.17, 15) is 4.79 Å². The molecule has 4 heteroatoms. The molecule has 2 rings (SSSR count). The summed E-state index contributed by atoms with van der Waals surface area (Å²) in [7, 11) is 0. The first-order valence-corrected chi connectivity index (χ1v) is 6.62. The van der Waals surface area contributed by atoms with Crippen molar-refractivity contribution < 1.29 is 9.53 Å². The van der Waals surface area contributed by atoms with E-state index in [1.807, 2.05) is 6.07 Å². The lowest BCUT2D eigenvalue weighted by atomic mass is 10.1. The van der Waals surface area contributed by atoms with E-state index in [4.69, 9.17) is 4.74 Å². The zero-order valence-electron chi connectivity index (χ0n) is 11.1. The van der Waals surface area contributed by atoms with Gasteiger partial charge in [-0.3, -0.25) is 0 Å². The molecule has 1 aliphatic heterocycles. The van der Waals surface area contributed by atoms with Gasteiger partial charge in [0, 0.05) is 19.3 Å². The summed E-state index contributed by atoms with van der Waals surface area (Å²) in [4.78, 5) is 18.1. The Bertz CT molecular complexity index is 403. The first-order chi connectivity index (χ1) is 8.74. The monoisotopic (exact) mass is 248 g/mol. The van der Waals surface area contributed by atoms with Crippen LogP contribution in [-0.2, 0) is 4.74 Å². The summed E-state index contributed by atoms with van der Waals surface area (Å²) in [5.41, 5.74) is 0.520. The highest BCUT2D eigenvalue weighted by atomic mass is 16.5. The molecule has 1 aliphatic rings. The molecule has 1 atom stereocenters. The first-order valence-electron chi connectivity index (χ1n) is 6.62. The number of ether oxygens (including phenoxy) is 1. The number of hydrogen-bond donors (Lipinski definition) is 0. The topological polar surface area (TPSA) is 42.4 Å². The average molecular weight is 248 g/mol. The zero-order chi connectivity index (χ0) is 13.0. The second kappa shape index (κ2) is 5.85. The van der Waals surface area contributed by atoms with E-state index in [-0.39, 0.29) is 5.97 Å². The fourth-order valence-electron chi connectivity index (χ4n) is 2.28. The Hall–Kier alpha value is -1.58. The standard InChI is InChI=1S/C14H20N2O2/c1-3-11-7-8-16(10-11)13-6-5-12(9-15-13)14(17)18-4-2/h5-6,9,11H,3-4,7-8,10H2,1-2H3. The molecule has 0 bridgehead atoms. The molecule has 2 heterocycles. The van der Waals surface area contributed by atoms with Gasteiger partial charge in [0.1, 0.15) is 5.82 Å².